The zero-order valence-electron chi connectivity index (χ0n) is 16.0. The van der Waals surface area contributed by atoms with E-state index in [0.29, 0.717) is 18.0 Å². The van der Waals surface area contributed by atoms with Crippen molar-refractivity contribution in [3.63, 3.8) is 0 Å². The van der Waals surface area contributed by atoms with E-state index in [1.165, 1.54) is 12.1 Å². The molecule has 0 spiro atoms. The second-order valence-corrected chi connectivity index (χ2v) is 7.90. The van der Waals surface area contributed by atoms with E-state index in [1.807, 2.05) is 4.90 Å². The minimum Gasteiger partial charge on any atom is -0.338 e. The molecule has 5 rings (SSSR count). The zero-order valence-corrected chi connectivity index (χ0v) is 16.0. The van der Waals surface area contributed by atoms with Crippen LogP contribution in [0.4, 0.5) is 4.39 Å². The van der Waals surface area contributed by atoms with Crippen LogP contribution >= 0.6 is 0 Å². The summed E-state index contributed by atoms with van der Waals surface area (Å²) in [6, 6.07) is 6.42. The van der Waals surface area contributed by atoms with Crippen LogP contribution in [-0.2, 0) is 0 Å². The van der Waals surface area contributed by atoms with Gasteiger partial charge in [-0.3, -0.25) is 9.89 Å². The Labute approximate surface area is 168 Å². The number of benzene rings is 1. The number of amides is 1. The Bertz CT molecular complexity index is 1010. The van der Waals surface area contributed by atoms with Gasteiger partial charge in [0.2, 0.25) is 0 Å². The normalized spacial score (nSPS) is 19.3. The maximum absolute atomic E-state index is 13.3. The van der Waals surface area contributed by atoms with Crippen molar-refractivity contribution in [2.45, 2.75) is 37.5 Å². The summed E-state index contributed by atoms with van der Waals surface area (Å²) < 4.78 is 13.3. The number of likely N-dealkylation sites (tertiary alicyclic amines) is 1. The number of rotatable bonds is 4. The van der Waals surface area contributed by atoms with Crippen molar-refractivity contribution in [2.75, 3.05) is 13.1 Å². The van der Waals surface area contributed by atoms with Crippen LogP contribution in [0, 0.1) is 5.82 Å². The highest BCUT2D eigenvalue weighted by molar-refractivity contribution is 5.93. The zero-order chi connectivity index (χ0) is 19.8. The molecule has 3 aromatic rings. The maximum atomic E-state index is 13.3. The Kier molecular flexibility index (Phi) is 4.58. The van der Waals surface area contributed by atoms with Crippen LogP contribution in [0.15, 0.2) is 42.9 Å². The Balaban J connectivity index is 1.34. The fraction of sp³-hybridized carbons (Fsp3) is 0.364. The molecule has 1 saturated carbocycles. The minimum atomic E-state index is -0.261. The predicted octanol–water partition coefficient (Wildman–Crippen LogP) is 3.90. The lowest BCUT2D eigenvalue weighted by molar-refractivity contribution is 0.0705. The molecule has 29 heavy (non-hydrogen) atoms. The summed E-state index contributed by atoms with van der Waals surface area (Å²) in [6.45, 7) is 1.33. The van der Waals surface area contributed by atoms with Crippen molar-refractivity contribution >= 4 is 5.91 Å². The Hall–Kier alpha value is -3.09. The number of nitrogens with one attached hydrogen (secondary N) is 1. The number of aromatic nitrogens is 4. The van der Waals surface area contributed by atoms with Gasteiger partial charge >= 0.3 is 0 Å². The lowest BCUT2D eigenvalue weighted by Crippen LogP contribution is -2.39. The molecule has 0 bridgehead atoms. The van der Waals surface area contributed by atoms with Crippen LogP contribution in [0.1, 0.15) is 59.4 Å². The molecule has 2 aliphatic rings. The van der Waals surface area contributed by atoms with E-state index in [1.54, 1.807) is 30.7 Å². The lowest BCUT2D eigenvalue weighted by Gasteiger charge is -2.32. The minimum absolute atomic E-state index is 0.0279. The summed E-state index contributed by atoms with van der Waals surface area (Å²) in [7, 11) is 0. The van der Waals surface area contributed by atoms with Gasteiger partial charge in [-0.1, -0.05) is 12.1 Å². The van der Waals surface area contributed by atoms with E-state index in [2.05, 4.69) is 20.2 Å². The monoisotopic (exact) mass is 391 g/mol. The van der Waals surface area contributed by atoms with Gasteiger partial charge in [-0.15, -0.1) is 0 Å². The van der Waals surface area contributed by atoms with Crippen LogP contribution in [0.25, 0.3) is 11.1 Å². The number of carbonyl (C=O) groups excluding carboxylic acids is 1. The van der Waals surface area contributed by atoms with Gasteiger partial charge in [0, 0.05) is 48.6 Å². The van der Waals surface area contributed by atoms with E-state index < -0.39 is 0 Å². The Morgan fingerprint density at radius 3 is 2.52 bits per heavy atom. The van der Waals surface area contributed by atoms with Crippen LogP contribution in [0.3, 0.4) is 0 Å². The van der Waals surface area contributed by atoms with Crippen molar-refractivity contribution in [1.29, 1.82) is 0 Å². The highest BCUT2D eigenvalue weighted by Crippen LogP contribution is 2.38. The maximum Gasteiger partial charge on any atom is 0.257 e. The van der Waals surface area contributed by atoms with Gasteiger partial charge in [0.1, 0.15) is 11.6 Å². The molecule has 1 amide bonds. The molecule has 1 atom stereocenters. The van der Waals surface area contributed by atoms with E-state index in [-0.39, 0.29) is 17.6 Å². The number of hydrogen-bond acceptors (Lipinski definition) is 4. The smallest absolute Gasteiger partial charge is 0.257 e. The summed E-state index contributed by atoms with van der Waals surface area (Å²) in [5.74, 6) is 1.19. The quantitative estimate of drug-likeness (QED) is 0.732. The first-order valence-corrected chi connectivity index (χ1v) is 10.1. The highest BCUT2D eigenvalue weighted by atomic mass is 19.1. The number of nitrogens with zero attached hydrogens (tertiary/aromatic N) is 4. The van der Waals surface area contributed by atoms with Gasteiger partial charge in [-0.2, -0.15) is 5.10 Å². The number of halogens is 1. The van der Waals surface area contributed by atoms with Crippen LogP contribution < -0.4 is 0 Å². The van der Waals surface area contributed by atoms with Gasteiger partial charge in [0.05, 0.1) is 11.8 Å². The summed E-state index contributed by atoms with van der Waals surface area (Å²) in [5.41, 5.74) is 3.41. The van der Waals surface area contributed by atoms with Gasteiger partial charge in [0.15, 0.2) is 0 Å². The molecule has 1 aromatic carbocycles. The number of H-pyrrole nitrogens is 1. The molecule has 1 N–H and O–H groups in total. The molecule has 7 heteroatoms. The van der Waals surface area contributed by atoms with Crippen molar-refractivity contribution in [3.05, 3.63) is 65.8 Å². The molecule has 148 valence electrons. The molecule has 6 nitrogen and oxygen atoms in total. The standard InChI is InChI=1S/C22H22FN5O/c23-18-7-5-14(6-8-18)19-12-26-27-20(19)16-2-1-9-28(13-16)22(29)17-10-24-21(25-11-17)15-3-4-15/h5-8,10-12,15-16H,1-4,9,13H2,(H,26,27)/t16-/m0/s1. The summed E-state index contributed by atoms with van der Waals surface area (Å²) in [6.07, 6.45) is 9.26. The summed E-state index contributed by atoms with van der Waals surface area (Å²) in [4.78, 5) is 23.6. The molecule has 3 heterocycles. The summed E-state index contributed by atoms with van der Waals surface area (Å²) >= 11 is 0. The third-order valence-corrected chi connectivity index (χ3v) is 5.80. The predicted molar refractivity (Wildman–Crippen MR) is 106 cm³/mol. The topological polar surface area (TPSA) is 74.8 Å². The molecule has 0 radical (unpaired) electrons. The molecular formula is C22H22FN5O. The first-order valence-electron chi connectivity index (χ1n) is 10.1. The molecule has 0 unspecified atom stereocenters. The van der Waals surface area contributed by atoms with Crippen molar-refractivity contribution in [3.8, 4) is 11.1 Å². The average molecular weight is 391 g/mol. The molecule has 1 aliphatic carbocycles. The number of hydrogen-bond donors (Lipinski definition) is 1. The molecule has 1 saturated heterocycles. The lowest BCUT2D eigenvalue weighted by atomic mass is 9.90. The first kappa shape index (κ1) is 18.0. The fourth-order valence-electron chi connectivity index (χ4n) is 4.05. The largest absolute Gasteiger partial charge is 0.338 e. The third kappa shape index (κ3) is 3.64. The van der Waals surface area contributed by atoms with E-state index in [9.17, 15) is 9.18 Å². The fourth-order valence-corrected chi connectivity index (χ4v) is 4.05. The van der Waals surface area contributed by atoms with Gasteiger partial charge in [0.25, 0.3) is 5.91 Å². The van der Waals surface area contributed by atoms with Crippen molar-refractivity contribution in [1.82, 2.24) is 25.1 Å². The number of aromatic amines is 1. The van der Waals surface area contributed by atoms with Crippen LogP contribution in [-0.4, -0.2) is 44.1 Å². The molecule has 1 aliphatic heterocycles. The molecular weight excluding hydrogens is 369 g/mol. The highest BCUT2D eigenvalue weighted by Gasteiger charge is 2.30. The van der Waals surface area contributed by atoms with Crippen LogP contribution in [0.2, 0.25) is 0 Å². The van der Waals surface area contributed by atoms with Crippen molar-refractivity contribution in [2.24, 2.45) is 0 Å². The van der Waals surface area contributed by atoms with Gasteiger partial charge in [-0.05, 0) is 43.4 Å². The van der Waals surface area contributed by atoms with Crippen LogP contribution in [0.5, 0.6) is 0 Å². The van der Waals surface area contributed by atoms with E-state index in [0.717, 1.165) is 54.9 Å². The van der Waals surface area contributed by atoms with Gasteiger partial charge < -0.3 is 4.90 Å². The van der Waals surface area contributed by atoms with E-state index >= 15 is 0 Å². The third-order valence-electron chi connectivity index (χ3n) is 5.80. The Morgan fingerprint density at radius 2 is 1.79 bits per heavy atom. The second kappa shape index (κ2) is 7.39. The van der Waals surface area contributed by atoms with E-state index in [4.69, 9.17) is 0 Å². The summed E-state index contributed by atoms with van der Waals surface area (Å²) in [5, 5.41) is 7.32. The number of carbonyl (C=O) groups is 1. The van der Waals surface area contributed by atoms with Gasteiger partial charge in [-0.25, -0.2) is 14.4 Å². The second-order valence-electron chi connectivity index (χ2n) is 7.90. The molecule has 2 aromatic heterocycles. The molecule has 2 fully saturated rings. The average Bonchev–Trinajstić information content (AvgIpc) is 3.50. The SMILES string of the molecule is O=C(c1cnc(C2CC2)nc1)N1CCC[C@H](c2[nH]ncc2-c2ccc(F)cc2)C1. The first-order chi connectivity index (χ1) is 14.2. The Morgan fingerprint density at radius 1 is 1.03 bits per heavy atom. The number of piperidine rings is 1. The van der Waals surface area contributed by atoms with Crippen molar-refractivity contribution < 1.29 is 9.18 Å².